The van der Waals surface area contributed by atoms with E-state index in [-0.39, 0.29) is 6.10 Å². The van der Waals surface area contributed by atoms with E-state index < -0.39 is 12.3 Å². The highest BCUT2D eigenvalue weighted by Gasteiger charge is 2.29. The molecule has 0 saturated heterocycles. The van der Waals surface area contributed by atoms with Crippen molar-refractivity contribution in [2.45, 2.75) is 19.3 Å². The van der Waals surface area contributed by atoms with Gasteiger partial charge in [-0.05, 0) is 23.3 Å². The minimum Gasteiger partial charge on any atom is -0.464 e. The van der Waals surface area contributed by atoms with Crippen LogP contribution in [0.3, 0.4) is 0 Å². The van der Waals surface area contributed by atoms with Crippen LogP contribution >= 0.6 is 0 Å². The van der Waals surface area contributed by atoms with Gasteiger partial charge in [-0.1, -0.05) is 42.5 Å². The smallest absolute Gasteiger partial charge is 0.376 e. The van der Waals surface area contributed by atoms with E-state index in [0.29, 0.717) is 0 Å². The lowest BCUT2D eigenvalue weighted by Gasteiger charge is -2.27. The first-order valence-corrected chi connectivity index (χ1v) is 6.74. The predicted octanol–water partition coefficient (Wildman–Crippen LogP) is 1.01. The van der Waals surface area contributed by atoms with Gasteiger partial charge in [0, 0.05) is 5.22 Å². The molecule has 4 heteroatoms. The summed E-state index contributed by atoms with van der Waals surface area (Å²) in [6.07, 6.45) is 6.10. The van der Waals surface area contributed by atoms with Crippen molar-refractivity contribution in [1.82, 2.24) is 0 Å². The second-order valence-corrected chi connectivity index (χ2v) is 4.94. The Bertz CT molecular complexity index is 742. The van der Waals surface area contributed by atoms with E-state index in [1.807, 2.05) is 49.4 Å². The summed E-state index contributed by atoms with van der Waals surface area (Å²) in [7, 11) is 1.32. The summed E-state index contributed by atoms with van der Waals surface area (Å²) in [5, 5.41) is 1.95. The number of carbonyl (C=O) groups excluding carboxylic acids is 1. The molecule has 21 heavy (non-hydrogen) atoms. The van der Waals surface area contributed by atoms with Gasteiger partial charge in [0.1, 0.15) is 6.10 Å². The SMILES string of the molecule is COC(=O)C1OC=c2cccc/c2=C2\C=CC=C(C)C2O1. The number of benzene rings is 1. The molecule has 1 aromatic carbocycles. The van der Waals surface area contributed by atoms with Gasteiger partial charge in [0.05, 0.1) is 13.4 Å². The topological polar surface area (TPSA) is 44.8 Å². The molecular formula is C17H16O4. The average molecular weight is 284 g/mol. The molecule has 1 aromatic rings. The Morgan fingerprint density at radius 3 is 2.90 bits per heavy atom. The normalized spacial score (nSPS) is 26.1. The maximum absolute atomic E-state index is 11.8. The van der Waals surface area contributed by atoms with Crippen LogP contribution in [0.2, 0.25) is 0 Å². The standard InChI is InChI=1S/C17H16O4/c1-11-6-5-9-14-13-8-4-3-7-12(13)10-20-17(16(18)19-2)21-15(11)14/h3-10,15,17H,1-2H3/b12-10?,14-13-. The largest absolute Gasteiger partial charge is 0.464 e. The number of hydrogen-bond acceptors (Lipinski definition) is 4. The van der Waals surface area contributed by atoms with Gasteiger partial charge in [-0.15, -0.1) is 0 Å². The Hall–Kier alpha value is -2.33. The molecule has 1 aliphatic carbocycles. The predicted molar refractivity (Wildman–Crippen MR) is 78.2 cm³/mol. The van der Waals surface area contributed by atoms with Gasteiger partial charge >= 0.3 is 5.97 Å². The molecule has 0 spiro atoms. The Labute approximate surface area is 122 Å². The van der Waals surface area contributed by atoms with Gasteiger partial charge in [-0.2, -0.15) is 0 Å². The molecule has 2 atom stereocenters. The Kier molecular flexibility index (Phi) is 3.62. The van der Waals surface area contributed by atoms with Gasteiger partial charge in [0.2, 0.25) is 0 Å². The van der Waals surface area contributed by atoms with Crippen molar-refractivity contribution in [3.8, 4) is 0 Å². The molecule has 2 unspecified atom stereocenters. The van der Waals surface area contributed by atoms with Gasteiger partial charge in [0.15, 0.2) is 0 Å². The van der Waals surface area contributed by atoms with Gasteiger partial charge in [-0.3, -0.25) is 0 Å². The summed E-state index contributed by atoms with van der Waals surface area (Å²) in [6.45, 7) is 1.97. The monoisotopic (exact) mass is 284 g/mol. The van der Waals surface area contributed by atoms with E-state index in [1.165, 1.54) is 7.11 Å². The van der Waals surface area contributed by atoms with Crippen LogP contribution < -0.4 is 10.4 Å². The first-order valence-electron chi connectivity index (χ1n) is 6.74. The Balaban J connectivity index is 2.20. The van der Waals surface area contributed by atoms with E-state index in [2.05, 4.69) is 0 Å². The van der Waals surface area contributed by atoms with Gasteiger partial charge in [-0.25, -0.2) is 4.79 Å². The summed E-state index contributed by atoms with van der Waals surface area (Å²) in [5.74, 6) is -0.549. The van der Waals surface area contributed by atoms with E-state index in [0.717, 1.165) is 21.6 Å². The lowest BCUT2D eigenvalue weighted by molar-refractivity contribution is -0.180. The molecule has 0 saturated carbocycles. The number of allylic oxidation sites excluding steroid dienone is 2. The van der Waals surface area contributed by atoms with Crippen molar-refractivity contribution < 1.29 is 19.0 Å². The molecule has 1 aliphatic heterocycles. The van der Waals surface area contributed by atoms with Crippen LogP contribution in [0.25, 0.3) is 11.8 Å². The number of hydrogen-bond donors (Lipinski definition) is 0. The van der Waals surface area contributed by atoms with Crippen molar-refractivity contribution in [3.63, 3.8) is 0 Å². The summed E-state index contributed by atoms with van der Waals surface area (Å²) in [5.41, 5.74) is 2.03. The van der Waals surface area contributed by atoms with Crippen LogP contribution in [0.15, 0.2) is 48.1 Å². The van der Waals surface area contributed by atoms with Crippen LogP contribution in [0.1, 0.15) is 6.92 Å². The maximum Gasteiger partial charge on any atom is 0.376 e. The highest BCUT2D eigenvalue weighted by atomic mass is 16.7. The lowest BCUT2D eigenvalue weighted by atomic mass is 9.94. The molecule has 2 aliphatic rings. The number of methoxy groups -OCH3 is 1. The molecule has 0 amide bonds. The average Bonchev–Trinajstić information content (AvgIpc) is 2.50. The second kappa shape index (κ2) is 5.58. The van der Waals surface area contributed by atoms with Crippen LogP contribution in [-0.4, -0.2) is 25.5 Å². The van der Waals surface area contributed by atoms with Crippen molar-refractivity contribution >= 4 is 17.8 Å². The zero-order chi connectivity index (χ0) is 14.8. The maximum atomic E-state index is 11.8. The van der Waals surface area contributed by atoms with Crippen molar-refractivity contribution in [2.75, 3.05) is 7.11 Å². The van der Waals surface area contributed by atoms with Crippen molar-refractivity contribution in [2.24, 2.45) is 0 Å². The van der Waals surface area contributed by atoms with E-state index >= 15 is 0 Å². The number of ether oxygens (including phenoxy) is 3. The first kappa shape index (κ1) is 13.6. The summed E-state index contributed by atoms with van der Waals surface area (Å²) >= 11 is 0. The van der Waals surface area contributed by atoms with Crippen LogP contribution in [0.4, 0.5) is 0 Å². The Morgan fingerprint density at radius 2 is 2.10 bits per heavy atom. The highest BCUT2D eigenvalue weighted by Crippen LogP contribution is 2.24. The highest BCUT2D eigenvalue weighted by molar-refractivity contribution is 5.75. The number of esters is 1. The molecule has 3 rings (SSSR count). The zero-order valence-corrected chi connectivity index (χ0v) is 11.9. The summed E-state index contributed by atoms with van der Waals surface area (Å²) in [6, 6.07) is 7.86. The third kappa shape index (κ3) is 2.50. The van der Waals surface area contributed by atoms with Gasteiger partial charge < -0.3 is 14.2 Å². The van der Waals surface area contributed by atoms with E-state index in [1.54, 1.807) is 6.26 Å². The second-order valence-electron chi connectivity index (χ2n) is 4.94. The van der Waals surface area contributed by atoms with Crippen molar-refractivity contribution in [3.05, 3.63) is 58.5 Å². The zero-order valence-electron chi connectivity index (χ0n) is 11.9. The van der Waals surface area contributed by atoms with Crippen LogP contribution in [-0.2, 0) is 19.0 Å². The number of carbonyl (C=O) groups is 1. The van der Waals surface area contributed by atoms with Crippen LogP contribution in [0.5, 0.6) is 0 Å². The first-order chi connectivity index (χ1) is 10.2. The quantitative estimate of drug-likeness (QED) is 0.722. The fourth-order valence-corrected chi connectivity index (χ4v) is 2.50. The molecule has 0 bridgehead atoms. The molecular weight excluding hydrogens is 268 g/mol. The molecule has 0 fully saturated rings. The Morgan fingerprint density at radius 1 is 1.29 bits per heavy atom. The molecule has 4 nitrogen and oxygen atoms in total. The third-order valence-corrected chi connectivity index (χ3v) is 3.57. The van der Waals surface area contributed by atoms with Crippen LogP contribution in [0, 0.1) is 0 Å². The summed E-state index contributed by atoms with van der Waals surface area (Å²) in [4.78, 5) is 11.8. The molecule has 0 radical (unpaired) electrons. The molecule has 108 valence electrons. The number of rotatable bonds is 1. The summed E-state index contributed by atoms with van der Waals surface area (Å²) < 4.78 is 16.0. The molecule has 0 aromatic heterocycles. The lowest BCUT2D eigenvalue weighted by Crippen LogP contribution is -2.40. The molecule has 1 heterocycles. The third-order valence-electron chi connectivity index (χ3n) is 3.57. The minimum atomic E-state index is -1.07. The van der Waals surface area contributed by atoms with E-state index in [4.69, 9.17) is 14.2 Å². The van der Waals surface area contributed by atoms with Gasteiger partial charge in [0.25, 0.3) is 6.29 Å². The van der Waals surface area contributed by atoms with Crippen molar-refractivity contribution in [1.29, 1.82) is 0 Å². The fourth-order valence-electron chi connectivity index (χ4n) is 2.50. The number of fused-ring (bicyclic) bond motifs is 2. The minimum absolute atomic E-state index is 0.325. The fraction of sp³-hybridized carbons (Fsp3) is 0.235. The molecule has 0 N–H and O–H groups in total. The van der Waals surface area contributed by atoms with E-state index in [9.17, 15) is 4.79 Å².